The number of aryl methyl sites for hydroxylation is 1. The third-order valence-corrected chi connectivity index (χ3v) is 6.37. The Balaban J connectivity index is 1.69. The number of anilines is 1. The van der Waals surface area contributed by atoms with Gasteiger partial charge in [0.1, 0.15) is 17.4 Å². The molecule has 2 aliphatic heterocycles. The molecule has 5 rings (SSSR count). The minimum absolute atomic E-state index is 0.198. The van der Waals surface area contributed by atoms with E-state index in [2.05, 4.69) is 27.4 Å². The number of hydrogen-bond acceptors (Lipinski definition) is 7. The molecule has 8 nitrogen and oxygen atoms in total. The minimum Gasteiger partial charge on any atom is -0.496 e. The molecule has 164 valence electrons. The molecule has 2 fully saturated rings. The molecule has 3 aromatic rings. The monoisotopic (exact) mass is 422 g/mol. The maximum Gasteiger partial charge on any atom is 0.166 e. The van der Waals surface area contributed by atoms with Gasteiger partial charge in [0.2, 0.25) is 0 Å². The number of methoxy groups -OCH3 is 1. The van der Waals surface area contributed by atoms with Gasteiger partial charge in [-0.3, -0.25) is 0 Å². The average Bonchev–Trinajstić information content (AvgIpc) is 3.46. The highest BCUT2D eigenvalue weighted by Crippen LogP contribution is 2.37. The van der Waals surface area contributed by atoms with Crippen LogP contribution in [-0.2, 0) is 4.74 Å². The second-order valence-electron chi connectivity index (χ2n) is 8.21. The second kappa shape index (κ2) is 8.43. The van der Waals surface area contributed by atoms with Crippen LogP contribution >= 0.6 is 0 Å². The number of piperazine rings is 1. The van der Waals surface area contributed by atoms with E-state index in [1.807, 2.05) is 25.1 Å². The topological polar surface area (TPSA) is 68.5 Å². The van der Waals surface area contributed by atoms with Crippen molar-refractivity contribution in [2.45, 2.75) is 26.3 Å². The zero-order valence-electron chi connectivity index (χ0n) is 18.5. The molecule has 8 heteroatoms. The fourth-order valence-corrected chi connectivity index (χ4v) is 4.65. The summed E-state index contributed by atoms with van der Waals surface area (Å²) in [6.07, 6.45) is 0.946. The Morgan fingerprint density at radius 2 is 1.90 bits per heavy atom. The summed E-state index contributed by atoms with van der Waals surface area (Å²) in [5.74, 6) is 3.39. The van der Waals surface area contributed by atoms with Crippen molar-refractivity contribution in [3.63, 3.8) is 0 Å². The zero-order valence-corrected chi connectivity index (χ0v) is 18.5. The van der Waals surface area contributed by atoms with Crippen LogP contribution in [0.25, 0.3) is 22.6 Å². The highest BCUT2D eigenvalue weighted by molar-refractivity contribution is 5.88. The molecule has 0 N–H and O–H groups in total. The molecule has 0 spiro atoms. The maximum atomic E-state index is 5.74. The first-order valence-corrected chi connectivity index (χ1v) is 11.1. The van der Waals surface area contributed by atoms with Gasteiger partial charge in [-0.2, -0.15) is 0 Å². The number of nitrogens with zero attached hydrogens (tertiary/aromatic N) is 6. The van der Waals surface area contributed by atoms with Gasteiger partial charge < -0.3 is 23.8 Å². The van der Waals surface area contributed by atoms with Gasteiger partial charge in [-0.05, 0) is 32.0 Å². The molecule has 4 heterocycles. The van der Waals surface area contributed by atoms with Crippen molar-refractivity contribution in [3.05, 3.63) is 30.1 Å². The molecule has 0 amide bonds. The van der Waals surface area contributed by atoms with E-state index in [0.29, 0.717) is 6.61 Å². The van der Waals surface area contributed by atoms with Gasteiger partial charge >= 0.3 is 0 Å². The first kappa shape index (κ1) is 20.2. The number of ether oxygens (including phenoxy) is 2. The molecule has 1 aromatic carbocycles. The first-order valence-electron chi connectivity index (χ1n) is 11.1. The van der Waals surface area contributed by atoms with E-state index < -0.39 is 0 Å². The van der Waals surface area contributed by atoms with E-state index in [4.69, 9.17) is 24.4 Å². The molecular weight excluding hydrogens is 392 g/mol. The van der Waals surface area contributed by atoms with Crippen molar-refractivity contribution in [1.82, 2.24) is 24.4 Å². The van der Waals surface area contributed by atoms with Crippen molar-refractivity contribution >= 4 is 17.0 Å². The lowest BCUT2D eigenvalue weighted by atomic mass is 10.1. The summed E-state index contributed by atoms with van der Waals surface area (Å²) in [5, 5.41) is 0. The van der Waals surface area contributed by atoms with Gasteiger partial charge in [0.25, 0.3) is 0 Å². The molecule has 2 aliphatic rings. The summed E-state index contributed by atoms with van der Waals surface area (Å²) in [4.78, 5) is 19.7. The maximum absolute atomic E-state index is 5.74. The first-order chi connectivity index (χ1) is 15.2. The Bertz CT molecular complexity index is 1070. The van der Waals surface area contributed by atoms with Crippen molar-refractivity contribution in [1.29, 1.82) is 0 Å². The summed E-state index contributed by atoms with van der Waals surface area (Å²) in [6.45, 7) is 10.7. The predicted octanol–water partition coefficient (Wildman–Crippen LogP) is 2.91. The van der Waals surface area contributed by atoms with Crippen LogP contribution in [0.5, 0.6) is 5.75 Å². The predicted molar refractivity (Wildman–Crippen MR) is 121 cm³/mol. The number of hydrogen-bond donors (Lipinski definition) is 0. The van der Waals surface area contributed by atoms with Crippen LogP contribution in [0.1, 0.15) is 25.2 Å². The lowest BCUT2D eigenvalue weighted by molar-refractivity contribution is 0.187. The van der Waals surface area contributed by atoms with Crippen LogP contribution in [0.3, 0.4) is 0 Å². The summed E-state index contributed by atoms with van der Waals surface area (Å²) in [5.41, 5.74) is 2.72. The van der Waals surface area contributed by atoms with Gasteiger partial charge in [-0.15, -0.1) is 0 Å². The second-order valence-corrected chi connectivity index (χ2v) is 8.21. The van der Waals surface area contributed by atoms with Crippen LogP contribution in [0, 0.1) is 6.92 Å². The number of fused-ring (bicyclic) bond motifs is 1. The number of rotatable bonds is 5. The number of aromatic nitrogens is 4. The molecule has 0 saturated carbocycles. The van der Waals surface area contributed by atoms with Crippen LogP contribution in [0.4, 0.5) is 5.82 Å². The quantitative estimate of drug-likeness (QED) is 0.626. The number of para-hydroxylation sites is 1. The molecule has 0 bridgehead atoms. The van der Waals surface area contributed by atoms with Crippen molar-refractivity contribution in [2.24, 2.45) is 0 Å². The SMILES string of the molecule is CCN1CCN(c2nc(C)nc3c2nc(-c2ccccc2OC)n3[C@@H]2CCOC2)CC1. The van der Waals surface area contributed by atoms with E-state index in [1.165, 1.54) is 0 Å². The molecule has 31 heavy (non-hydrogen) atoms. The lowest BCUT2D eigenvalue weighted by Crippen LogP contribution is -2.46. The molecule has 2 saturated heterocycles. The summed E-state index contributed by atoms with van der Waals surface area (Å²) >= 11 is 0. The Labute approximate surface area is 182 Å². The van der Waals surface area contributed by atoms with Crippen LogP contribution in [0.2, 0.25) is 0 Å². The Hall–Kier alpha value is -2.71. The largest absolute Gasteiger partial charge is 0.496 e. The standard InChI is InChI=1S/C23H30N6O2/c1-4-27-10-12-28(13-11-27)22-20-23(25-16(2)24-22)29(17-9-14-31-15-17)21(26-20)18-7-5-6-8-19(18)30-3/h5-8,17H,4,9-15H2,1-3H3/t17-/m1/s1. The van der Waals surface area contributed by atoms with Gasteiger partial charge in [0.15, 0.2) is 17.0 Å². The average molecular weight is 423 g/mol. The Morgan fingerprint density at radius 1 is 1.10 bits per heavy atom. The van der Waals surface area contributed by atoms with E-state index in [9.17, 15) is 0 Å². The third kappa shape index (κ3) is 3.64. The zero-order chi connectivity index (χ0) is 21.4. The van der Waals surface area contributed by atoms with Gasteiger partial charge in [0.05, 0.1) is 25.3 Å². The smallest absolute Gasteiger partial charge is 0.166 e. The van der Waals surface area contributed by atoms with Gasteiger partial charge in [-0.1, -0.05) is 19.1 Å². The molecular formula is C23H30N6O2. The summed E-state index contributed by atoms with van der Waals surface area (Å²) in [6, 6.07) is 8.24. The van der Waals surface area contributed by atoms with Crippen LogP contribution in [-0.4, -0.2) is 77.5 Å². The Morgan fingerprint density at radius 3 is 2.61 bits per heavy atom. The van der Waals surface area contributed by atoms with E-state index >= 15 is 0 Å². The lowest BCUT2D eigenvalue weighted by Gasteiger charge is -2.34. The van der Waals surface area contributed by atoms with E-state index in [-0.39, 0.29) is 6.04 Å². The molecule has 2 aromatic heterocycles. The normalized spacial score (nSPS) is 20.0. The number of likely N-dealkylation sites (N-methyl/N-ethyl adjacent to an activating group) is 1. The molecule has 0 unspecified atom stereocenters. The third-order valence-electron chi connectivity index (χ3n) is 6.37. The van der Waals surface area contributed by atoms with E-state index in [0.717, 1.165) is 85.7 Å². The minimum atomic E-state index is 0.198. The van der Waals surface area contributed by atoms with Crippen molar-refractivity contribution in [2.75, 3.05) is 57.9 Å². The van der Waals surface area contributed by atoms with Crippen molar-refractivity contribution in [3.8, 4) is 17.1 Å². The molecule has 0 aliphatic carbocycles. The molecule has 0 radical (unpaired) electrons. The van der Waals surface area contributed by atoms with Gasteiger partial charge in [0, 0.05) is 32.8 Å². The summed E-state index contributed by atoms with van der Waals surface area (Å²) in [7, 11) is 1.70. The molecule has 1 atom stereocenters. The highest BCUT2D eigenvalue weighted by atomic mass is 16.5. The summed E-state index contributed by atoms with van der Waals surface area (Å²) < 4.78 is 13.7. The van der Waals surface area contributed by atoms with Crippen molar-refractivity contribution < 1.29 is 9.47 Å². The van der Waals surface area contributed by atoms with Crippen LogP contribution < -0.4 is 9.64 Å². The fraction of sp³-hybridized carbons (Fsp3) is 0.522. The van der Waals surface area contributed by atoms with Gasteiger partial charge in [-0.25, -0.2) is 15.0 Å². The van der Waals surface area contributed by atoms with Crippen LogP contribution in [0.15, 0.2) is 24.3 Å². The number of imidazole rings is 1. The number of benzene rings is 1. The Kier molecular flexibility index (Phi) is 5.50. The highest BCUT2D eigenvalue weighted by Gasteiger charge is 2.29. The fourth-order valence-electron chi connectivity index (χ4n) is 4.65. The van der Waals surface area contributed by atoms with E-state index in [1.54, 1.807) is 7.11 Å².